The van der Waals surface area contributed by atoms with E-state index in [0.29, 0.717) is 5.56 Å². The summed E-state index contributed by atoms with van der Waals surface area (Å²) in [7, 11) is 1.19. The van der Waals surface area contributed by atoms with E-state index in [1.54, 1.807) is 12.1 Å². The molecule has 0 saturated carbocycles. The Morgan fingerprint density at radius 3 is 2.46 bits per heavy atom. The number of hydrogen-bond acceptors (Lipinski definition) is 7. The summed E-state index contributed by atoms with van der Waals surface area (Å²) in [6.45, 7) is 0. The number of aromatic hydroxyl groups is 3. The van der Waals surface area contributed by atoms with Gasteiger partial charge in [0.1, 0.15) is 34.0 Å². The SMILES string of the molecule is COC(=O)C=Cc1c(O)cc2oc(-c3ccc(O)cc3)cc(=O)c2c1O. The number of carbonyl (C=O) groups is 1. The zero-order valence-corrected chi connectivity index (χ0v) is 13.6. The average molecular weight is 354 g/mol. The molecule has 1 heterocycles. The molecule has 1 aromatic heterocycles. The maximum absolute atomic E-state index is 12.5. The van der Waals surface area contributed by atoms with Crippen LogP contribution in [-0.4, -0.2) is 28.4 Å². The molecule has 2 aromatic carbocycles. The van der Waals surface area contributed by atoms with Gasteiger partial charge in [-0.05, 0) is 30.3 Å². The van der Waals surface area contributed by atoms with Crippen LogP contribution in [0.1, 0.15) is 5.56 Å². The molecule has 132 valence electrons. The van der Waals surface area contributed by atoms with Crippen molar-refractivity contribution in [2.24, 2.45) is 0 Å². The van der Waals surface area contributed by atoms with Gasteiger partial charge in [-0.15, -0.1) is 0 Å². The van der Waals surface area contributed by atoms with E-state index in [2.05, 4.69) is 4.74 Å². The van der Waals surface area contributed by atoms with Crippen molar-refractivity contribution in [3.63, 3.8) is 0 Å². The predicted octanol–water partition coefficient (Wildman–Crippen LogP) is 2.76. The molecule has 0 unspecified atom stereocenters. The molecule has 0 fully saturated rings. The lowest BCUT2D eigenvalue weighted by atomic mass is 10.1. The topological polar surface area (TPSA) is 117 Å². The Kier molecular flexibility index (Phi) is 4.36. The number of phenols is 3. The van der Waals surface area contributed by atoms with Gasteiger partial charge in [0, 0.05) is 23.8 Å². The van der Waals surface area contributed by atoms with E-state index in [0.717, 1.165) is 12.2 Å². The predicted molar refractivity (Wildman–Crippen MR) is 94.0 cm³/mol. The number of methoxy groups -OCH3 is 1. The number of fused-ring (bicyclic) bond motifs is 1. The van der Waals surface area contributed by atoms with Crippen molar-refractivity contribution in [2.75, 3.05) is 7.11 Å². The Hall–Kier alpha value is -3.74. The smallest absolute Gasteiger partial charge is 0.330 e. The van der Waals surface area contributed by atoms with Gasteiger partial charge < -0.3 is 24.5 Å². The van der Waals surface area contributed by atoms with Gasteiger partial charge in [0.2, 0.25) is 0 Å². The lowest BCUT2D eigenvalue weighted by Gasteiger charge is -2.08. The molecule has 0 radical (unpaired) electrons. The normalized spacial score (nSPS) is 11.1. The second-order valence-electron chi connectivity index (χ2n) is 5.41. The first kappa shape index (κ1) is 17.1. The summed E-state index contributed by atoms with van der Waals surface area (Å²) in [5, 5.41) is 29.7. The third-order valence-corrected chi connectivity index (χ3v) is 3.75. The van der Waals surface area contributed by atoms with Gasteiger partial charge in [-0.3, -0.25) is 4.79 Å². The molecule has 0 aliphatic rings. The van der Waals surface area contributed by atoms with E-state index >= 15 is 0 Å². The minimum absolute atomic E-state index is 0.0224. The second kappa shape index (κ2) is 6.64. The van der Waals surface area contributed by atoms with E-state index in [1.165, 1.54) is 31.4 Å². The fraction of sp³-hybridized carbons (Fsp3) is 0.0526. The molecule has 3 rings (SSSR count). The molecule has 0 spiro atoms. The van der Waals surface area contributed by atoms with E-state index in [4.69, 9.17) is 4.42 Å². The Labute approximate surface area is 147 Å². The van der Waals surface area contributed by atoms with E-state index in [1.807, 2.05) is 0 Å². The van der Waals surface area contributed by atoms with Crippen LogP contribution in [0, 0.1) is 0 Å². The zero-order valence-electron chi connectivity index (χ0n) is 13.6. The van der Waals surface area contributed by atoms with Gasteiger partial charge in [-0.1, -0.05) is 0 Å². The van der Waals surface area contributed by atoms with Crippen LogP contribution < -0.4 is 5.43 Å². The van der Waals surface area contributed by atoms with Crippen molar-refractivity contribution in [3.05, 3.63) is 58.3 Å². The standard InChI is InChI=1S/C19H14O7/c1-25-17(23)7-6-12-13(21)8-16-18(19(12)24)14(22)9-15(26-16)10-2-4-11(20)5-3-10/h2-9,20-21,24H,1H3. The van der Waals surface area contributed by atoms with E-state index < -0.39 is 17.1 Å². The molecule has 0 saturated heterocycles. The monoisotopic (exact) mass is 354 g/mol. The molecule has 0 aliphatic carbocycles. The van der Waals surface area contributed by atoms with Crippen molar-refractivity contribution in [2.45, 2.75) is 0 Å². The summed E-state index contributed by atoms with van der Waals surface area (Å²) >= 11 is 0. The maximum atomic E-state index is 12.5. The second-order valence-corrected chi connectivity index (χ2v) is 5.41. The third kappa shape index (κ3) is 3.10. The maximum Gasteiger partial charge on any atom is 0.330 e. The van der Waals surface area contributed by atoms with Crippen LogP contribution in [0.15, 0.2) is 51.7 Å². The summed E-state index contributed by atoms with van der Waals surface area (Å²) in [6.07, 6.45) is 2.15. The number of phenolic OH excluding ortho intramolecular Hbond substituents is 3. The first-order chi connectivity index (χ1) is 12.4. The van der Waals surface area contributed by atoms with Crippen molar-refractivity contribution < 1.29 is 29.3 Å². The van der Waals surface area contributed by atoms with Crippen LogP contribution in [0.3, 0.4) is 0 Å². The quantitative estimate of drug-likeness (QED) is 0.489. The Bertz CT molecular complexity index is 1080. The van der Waals surface area contributed by atoms with Crippen molar-refractivity contribution in [1.82, 2.24) is 0 Å². The Morgan fingerprint density at radius 2 is 1.81 bits per heavy atom. The first-order valence-electron chi connectivity index (χ1n) is 7.49. The van der Waals surface area contributed by atoms with E-state index in [-0.39, 0.29) is 33.8 Å². The van der Waals surface area contributed by atoms with Gasteiger partial charge in [0.05, 0.1) is 12.7 Å². The van der Waals surface area contributed by atoms with Gasteiger partial charge >= 0.3 is 5.97 Å². The number of hydrogen-bond donors (Lipinski definition) is 3. The number of benzene rings is 2. The molecule has 0 amide bonds. The highest BCUT2D eigenvalue weighted by Gasteiger charge is 2.17. The molecule has 7 heteroatoms. The molecule has 26 heavy (non-hydrogen) atoms. The molecule has 3 N–H and O–H groups in total. The van der Waals surface area contributed by atoms with Gasteiger partial charge in [-0.2, -0.15) is 0 Å². The number of ether oxygens (including phenoxy) is 1. The largest absolute Gasteiger partial charge is 0.508 e. The van der Waals surface area contributed by atoms with Gasteiger partial charge in [0.15, 0.2) is 5.43 Å². The van der Waals surface area contributed by atoms with Crippen molar-refractivity contribution in [1.29, 1.82) is 0 Å². The summed E-state index contributed by atoms with van der Waals surface area (Å²) < 4.78 is 10.1. The van der Waals surface area contributed by atoms with Crippen LogP contribution in [0.4, 0.5) is 0 Å². The summed E-state index contributed by atoms with van der Waals surface area (Å²) in [5.41, 5.74) is -0.117. The molecule has 0 bridgehead atoms. The number of rotatable bonds is 3. The summed E-state index contributed by atoms with van der Waals surface area (Å²) in [5.74, 6) is -1.29. The third-order valence-electron chi connectivity index (χ3n) is 3.75. The molecule has 0 aliphatic heterocycles. The summed E-state index contributed by atoms with van der Waals surface area (Å²) in [6, 6.07) is 8.38. The summed E-state index contributed by atoms with van der Waals surface area (Å²) in [4.78, 5) is 23.6. The van der Waals surface area contributed by atoms with Crippen LogP contribution in [-0.2, 0) is 9.53 Å². The molecule has 7 nitrogen and oxygen atoms in total. The minimum atomic E-state index is -0.682. The van der Waals surface area contributed by atoms with Crippen LogP contribution in [0.2, 0.25) is 0 Å². The average Bonchev–Trinajstić information content (AvgIpc) is 2.61. The highest BCUT2D eigenvalue weighted by Crippen LogP contribution is 2.36. The molecule has 3 aromatic rings. The van der Waals surface area contributed by atoms with Gasteiger partial charge in [0.25, 0.3) is 0 Å². The lowest BCUT2D eigenvalue weighted by molar-refractivity contribution is -0.134. The van der Waals surface area contributed by atoms with Crippen LogP contribution in [0.25, 0.3) is 28.4 Å². The molecule has 0 atom stereocenters. The Balaban J connectivity index is 2.19. The van der Waals surface area contributed by atoms with Crippen LogP contribution in [0.5, 0.6) is 17.2 Å². The number of carbonyl (C=O) groups excluding carboxylic acids is 1. The van der Waals surface area contributed by atoms with Crippen molar-refractivity contribution >= 4 is 23.0 Å². The lowest BCUT2D eigenvalue weighted by Crippen LogP contribution is -2.02. The van der Waals surface area contributed by atoms with Crippen molar-refractivity contribution in [3.8, 4) is 28.6 Å². The molecular weight excluding hydrogens is 340 g/mol. The first-order valence-corrected chi connectivity index (χ1v) is 7.49. The fourth-order valence-electron chi connectivity index (χ4n) is 2.46. The fourth-order valence-corrected chi connectivity index (χ4v) is 2.46. The minimum Gasteiger partial charge on any atom is -0.508 e. The van der Waals surface area contributed by atoms with Gasteiger partial charge in [-0.25, -0.2) is 4.79 Å². The highest BCUT2D eigenvalue weighted by atomic mass is 16.5. The molecular formula is C19H14O7. The highest BCUT2D eigenvalue weighted by molar-refractivity contribution is 5.94. The Morgan fingerprint density at radius 1 is 1.12 bits per heavy atom. The van der Waals surface area contributed by atoms with E-state index in [9.17, 15) is 24.9 Å². The number of esters is 1. The zero-order chi connectivity index (χ0) is 18.8. The van der Waals surface area contributed by atoms with Crippen LogP contribution >= 0.6 is 0 Å².